The average molecular weight is 232 g/mol. The molecular formula is C13H16N2O2. The number of nitrogens with one attached hydrogen (secondary N) is 1. The number of hydrogen-bond donors (Lipinski definition) is 1. The summed E-state index contributed by atoms with van der Waals surface area (Å²) in [5, 5.41) is 0. The maximum absolute atomic E-state index is 11.8. The molecule has 0 saturated heterocycles. The summed E-state index contributed by atoms with van der Waals surface area (Å²) in [4.78, 5) is 16.7. The fraction of sp³-hybridized carbons (Fsp3) is 0.308. The van der Waals surface area contributed by atoms with Crippen LogP contribution in [0.2, 0.25) is 0 Å². The highest BCUT2D eigenvalue weighted by molar-refractivity contribution is 5.95. The van der Waals surface area contributed by atoms with E-state index in [-0.39, 0.29) is 5.78 Å². The topological polar surface area (TPSA) is 49.2 Å². The highest BCUT2D eigenvalue weighted by atomic mass is 16.3. The van der Waals surface area contributed by atoms with Crippen molar-refractivity contribution in [1.29, 1.82) is 0 Å². The van der Waals surface area contributed by atoms with E-state index in [2.05, 4.69) is 4.98 Å². The number of aromatic amines is 1. The second-order valence-electron chi connectivity index (χ2n) is 4.19. The Kier molecular flexibility index (Phi) is 3.44. The zero-order valence-electron chi connectivity index (χ0n) is 10.1. The lowest BCUT2D eigenvalue weighted by atomic mass is 10.2. The van der Waals surface area contributed by atoms with Crippen molar-refractivity contribution < 1.29 is 9.21 Å². The molecule has 0 aromatic carbocycles. The van der Waals surface area contributed by atoms with E-state index >= 15 is 0 Å². The number of likely N-dealkylation sites (N-methyl/N-ethyl adjacent to an activating group) is 1. The number of carbonyl (C=O) groups excluding carboxylic acids is 1. The number of carbonyl (C=O) groups is 1. The van der Waals surface area contributed by atoms with Gasteiger partial charge in [-0.25, -0.2) is 0 Å². The summed E-state index contributed by atoms with van der Waals surface area (Å²) >= 11 is 0. The number of ketones is 1. The summed E-state index contributed by atoms with van der Waals surface area (Å²) in [7, 11) is 1.90. The fourth-order valence-corrected chi connectivity index (χ4v) is 1.73. The number of furan rings is 1. The maximum atomic E-state index is 11.8. The number of Topliss-reactive ketones (excluding diaryl/α,β-unsaturated/α-hetero) is 1. The summed E-state index contributed by atoms with van der Waals surface area (Å²) in [5.74, 6) is 1.86. The van der Waals surface area contributed by atoms with Gasteiger partial charge in [0, 0.05) is 6.20 Å². The van der Waals surface area contributed by atoms with Crippen LogP contribution in [0.1, 0.15) is 22.0 Å². The number of hydrogen-bond acceptors (Lipinski definition) is 3. The van der Waals surface area contributed by atoms with Crippen LogP contribution < -0.4 is 0 Å². The van der Waals surface area contributed by atoms with Crippen LogP contribution in [0.5, 0.6) is 0 Å². The highest BCUT2D eigenvalue weighted by Gasteiger charge is 2.11. The van der Waals surface area contributed by atoms with Crippen molar-refractivity contribution in [3.8, 4) is 0 Å². The third kappa shape index (κ3) is 3.07. The van der Waals surface area contributed by atoms with E-state index in [0.717, 1.165) is 11.5 Å². The molecule has 0 aliphatic heterocycles. The van der Waals surface area contributed by atoms with E-state index in [9.17, 15) is 4.79 Å². The molecule has 0 fully saturated rings. The van der Waals surface area contributed by atoms with Gasteiger partial charge in [-0.3, -0.25) is 9.69 Å². The zero-order valence-corrected chi connectivity index (χ0v) is 10.1. The quantitative estimate of drug-likeness (QED) is 0.804. The number of nitrogens with zero attached hydrogens (tertiary/aromatic N) is 1. The van der Waals surface area contributed by atoms with Crippen LogP contribution in [0.15, 0.2) is 34.9 Å². The average Bonchev–Trinajstić information content (AvgIpc) is 2.89. The van der Waals surface area contributed by atoms with E-state index in [1.807, 2.05) is 37.1 Å². The van der Waals surface area contributed by atoms with Crippen molar-refractivity contribution in [3.05, 3.63) is 47.7 Å². The van der Waals surface area contributed by atoms with Crippen molar-refractivity contribution in [2.75, 3.05) is 13.6 Å². The maximum Gasteiger partial charge on any atom is 0.192 e. The molecule has 0 saturated carbocycles. The lowest BCUT2D eigenvalue weighted by Gasteiger charge is -2.13. The monoisotopic (exact) mass is 232 g/mol. The fourth-order valence-electron chi connectivity index (χ4n) is 1.73. The Morgan fingerprint density at radius 1 is 1.41 bits per heavy atom. The third-order valence-electron chi connectivity index (χ3n) is 2.53. The van der Waals surface area contributed by atoms with Gasteiger partial charge in [0.2, 0.25) is 0 Å². The first-order chi connectivity index (χ1) is 8.15. The predicted molar refractivity (Wildman–Crippen MR) is 64.9 cm³/mol. The number of H-pyrrole nitrogens is 1. The van der Waals surface area contributed by atoms with Gasteiger partial charge in [0.1, 0.15) is 11.5 Å². The van der Waals surface area contributed by atoms with Crippen molar-refractivity contribution >= 4 is 5.78 Å². The molecule has 2 aromatic heterocycles. The Bertz CT molecular complexity index is 485. The van der Waals surface area contributed by atoms with E-state index in [1.165, 1.54) is 0 Å². The summed E-state index contributed by atoms with van der Waals surface area (Å²) in [6, 6.07) is 7.47. The van der Waals surface area contributed by atoms with Gasteiger partial charge in [-0.15, -0.1) is 0 Å². The van der Waals surface area contributed by atoms with Crippen LogP contribution in [0.25, 0.3) is 0 Å². The van der Waals surface area contributed by atoms with Gasteiger partial charge in [0.05, 0.1) is 18.8 Å². The Balaban J connectivity index is 1.89. The molecule has 4 nitrogen and oxygen atoms in total. The third-order valence-corrected chi connectivity index (χ3v) is 2.53. The summed E-state index contributed by atoms with van der Waals surface area (Å²) in [5.41, 5.74) is 0.646. The van der Waals surface area contributed by atoms with Crippen LogP contribution in [0.4, 0.5) is 0 Å². The van der Waals surface area contributed by atoms with Crippen LogP contribution >= 0.6 is 0 Å². The van der Waals surface area contributed by atoms with Crippen molar-refractivity contribution in [2.45, 2.75) is 13.5 Å². The molecule has 0 aliphatic rings. The molecule has 1 N–H and O–H groups in total. The Hall–Kier alpha value is -1.81. The molecule has 0 bridgehead atoms. The van der Waals surface area contributed by atoms with E-state index in [1.54, 1.807) is 12.3 Å². The molecule has 0 radical (unpaired) electrons. The van der Waals surface area contributed by atoms with E-state index < -0.39 is 0 Å². The van der Waals surface area contributed by atoms with Crippen LogP contribution in [0, 0.1) is 6.92 Å². The molecule has 0 atom stereocenters. The minimum Gasteiger partial charge on any atom is -0.465 e. The molecule has 0 unspecified atom stereocenters. The van der Waals surface area contributed by atoms with Crippen molar-refractivity contribution in [3.63, 3.8) is 0 Å². The van der Waals surface area contributed by atoms with Crippen LogP contribution in [-0.4, -0.2) is 29.3 Å². The molecule has 2 rings (SSSR count). The lowest BCUT2D eigenvalue weighted by Crippen LogP contribution is -2.25. The van der Waals surface area contributed by atoms with Gasteiger partial charge in [0.25, 0.3) is 0 Å². The highest BCUT2D eigenvalue weighted by Crippen LogP contribution is 2.09. The van der Waals surface area contributed by atoms with Crippen molar-refractivity contribution in [2.24, 2.45) is 0 Å². The first-order valence-electron chi connectivity index (χ1n) is 5.55. The van der Waals surface area contributed by atoms with Crippen molar-refractivity contribution in [1.82, 2.24) is 9.88 Å². The summed E-state index contributed by atoms with van der Waals surface area (Å²) in [6.07, 6.45) is 1.75. The van der Waals surface area contributed by atoms with Gasteiger partial charge >= 0.3 is 0 Å². The standard InChI is InChI=1S/C13H16N2O2/c1-10-5-6-11(17-10)8-15(2)9-13(16)12-4-3-7-14-12/h3-7,14H,8-9H2,1-2H3. The Morgan fingerprint density at radius 2 is 2.24 bits per heavy atom. The SMILES string of the molecule is Cc1ccc(CN(C)CC(=O)c2ccc[nH]2)o1. The molecule has 2 heterocycles. The molecule has 0 spiro atoms. The molecule has 4 heteroatoms. The van der Waals surface area contributed by atoms with E-state index in [0.29, 0.717) is 18.8 Å². The largest absolute Gasteiger partial charge is 0.465 e. The molecule has 2 aromatic rings. The molecule has 0 amide bonds. The minimum atomic E-state index is 0.0841. The Labute approximate surface area is 100 Å². The van der Waals surface area contributed by atoms with Crippen LogP contribution in [0.3, 0.4) is 0 Å². The van der Waals surface area contributed by atoms with Gasteiger partial charge in [-0.2, -0.15) is 0 Å². The first-order valence-corrected chi connectivity index (χ1v) is 5.55. The number of aromatic nitrogens is 1. The molecule has 0 aliphatic carbocycles. The second-order valence-corrected chi connectivity index (χ2v) is 4.19. The van der Waals surface area contributed by atoms with E-state index in [4.69, 9.17) is 4.42 Å². The van der Waals surface area contributed by atoms with Gasteiger partial charge in [-0.1, -0.05) is 0 Å². The zero-order chi connectivity index (χ0) is 12.3. The second kappa shape index (κ2) is 5.01. The molecular weight excluding hydrogens is 216 g/mol. The lowest BCUT2D eigenvalue weighted by molar-refractivity contribution is 0.0935. The van der Waals surface area contributed by atoms with Gasteiger partial charge < -0.3 is 9.40 Å². The Morgan fingerprint density at radius 3 is 2.82 bits per heavy atom. The normalized spacial score (nSPS) is 11.0. The smallest absolute Gasteiger partial charge is 0.192 e. The summed E-state index contributed by atoms with van der Waals surface area (Å²) < 4.78 is 5.47. The number of rotatable bonds is 5. The number of aryl methyl sites for hydroxylation is 1. The van der Waals surface area contributed by atoms with Gasteiger partial charge in [-0.05, 0) is 38.2 Å². The van der Waals surface area contributed by atoms with Gasteiger partial charge in [0.15, 0.2) is 5.78 Å². The molecule has 17 heavy (non-hydrogen) atoms. The predicted octanol–water partition coefficient (Wildman–Crippen LogP) is 2.23. The first kappa shape index (κ1) is 11.7. The summed E-state index contributed by atoms with van der Waals surface area (Å²) in [6.45, 7) is 2.92. The minimum absolute atomic E-state index is 0.0841. The molecule has 90 valence electrons. The van der Waals surface area contributed by atoms with Crippen LogP contribution in [-0.2, 0) is 6.54 Å².